The minimum Gasteiger partial charge on any atom is -0.497 e. The number of thioether (sulfide) groups is 1. The number of fused-ring (bicyclic) bond motifs is 1. The second-order valence-corrected chi connectivity index (χ2v) is 19.2. The van der Waals surface area contributed by atoms with Crippen molar-refractivity contribution < 1.29 is 38.2 Å². The fraction of sp³-hybridized carbons (Fsp3) is 0.193. The highest BCUT2D eigenvalue weighted by atomic mass is 35.5. The average molecular weight is 1030 g/mol. The SMILES string of the molecule is CCC(O/N=C(\C(=O)NC1C(=O)N2C(C(=O)OCc3ccc(OC)cc3)=C(CCl)CSC12)c1csc(NC(c2ccccc2)(c2ccccc2)c2ccccc2)n1)C(=O)OC(c1ccccc1)c1ccccc1. The van der Waals surface area contributed by atoms with E-state index in [0.717, 1.165) is 33.4 Å². The van der Waals surface area contributed by atoms with E-state index in [4.69, 9.17) is 35.6 Å². The topological polar surface area (TPSA) is 158 Å². The molecule has 0 spiro atoms. The van der Waals surface area contributed by atoms with Gasteiger partial charge in [-0.05, 0) is 57.5 Å². The third-order valence-corrected chi connectivity index (χ3v) is 14.9. The Hall–Kier alpha value is -7.72. The van der Waals surface area contributed by atoms with Crippen molar-refractivity contribution in [3.63, 3.8) is 0 Å². The van der Waals surface area contributed by atoms with Crippen molar-refractivity contribution in [1.82, 2.24) is 15.2 Å². The summed E-state index contributed by atoms with van der Waals surface area (Å²) >= 11 is 8.93. The number of carbonyl (C=O) groups is 4. The summed E-state index contributed by atoms with van der Waals surface area (Å²) in [4.78, 5) is 69.0. The molecule has 1 aromatic heterocycles. The van der Waals surface area contributed by atoms with E-state index in [-0.39, 0.29) is 36.0 Å². The van der Waals surface area contributed by atoms with Crippen molar-refractivity contribution in [2.75, 3.05) is 24.1 Å². The van der Waals surface area contributed by atoms with Crippen LogP contribution in [0.2, 0.25) is 0 Å². The molecule has 0 saturated carbocycles. The first-order valence-electron chi connectivity index (χ1n) is 23.5. The number of β-lactam (4-membered cyclic amide) rings is 1. The van der Waals surface area contributed by atoms with Gasteiger partial charge < -0.3 is 29.7 Å². The molecule has 1 fully saturated rings. The van der Waals surface area contributed by atoms with Gasteiger partial charge in [0.25, 0.3) is 11.8 Å². The van der Waals surface area contributed by atoms with E-state index in [0.29, 0.717) is 22.2 Å². The van der Waals surface area contributed by atoms with Gasteiger partial charge in [-0.1, -0.05) is 176 Å². The van der Waals surface area contributed by atoms with Crippen LogP contribution in [0.5, 0.6) is 5.75 Å². The highest BCUT2D eigenvalue weighted by molar-refractivity contribution is 8.00. The number of halogens is 1. The standard InChI is InChI=1S/C57H50ClN5O8S2/c1-3-46(54(66)70-50(38-19-9-4-10-20-38)39-21-11-5-12-22-39)71-62-47(45-36-73-56(59-45)61-57(41-23-13-6-14-24-41,42-25-15-7-16-26-42)43-27-17-8-18-28-43)51(64)60-48-52(65)63-49(40(33-58)35-72-53(48)63)55(67)69-34-37-29-31-44(68-2)32-30-37/h4-32,36,46,48,50,53H,3,33-35H2,1-2H3,(H,59,61)(H,60,64)/b62-47-. The number of ether oxygens (including phenoxy) is 3. The number of amides is 2. The summed E-state index contributed by atoms with van der Waals surface area (Å²) in [5.74, 6) is -1.83. The van der Waals surface area contributed by atoms with Crippen molar-refractivity contribution in [2.24, 2.45) is 5.16 Å². The van der Waals surface area contributed by atoms with Crippen molar-refractivity contribution in [3.05, 3.63) is 232 Å². The zero-order valence-corrected chi connectivity index (χ0v) is 42.1. The van der Waals surface area contributed by atoms with E-state index in [1.807, 2.05) is 152 Å². The van der Waals surface area contributed by atoms with Gasteiger partial charge in [-0.25, -0.2) is 14.6 Å². The number of rotatable bonds is 20. The molecule has 2 N–H and O–H groups in total. The number of methoxy groups -OCH3 is 1. The summed E-state index contributed by atoms with van der Waals surface area (Å²) in [5.41, 5.74) is 4.44. The Bertz CT molecular complexity index is 2960. The maximum absolute atomic E-state index is 14.8. The molecule has 0 bridgehead atoms. The number of nitrogens with zero attached hydrogens (tertiary/aromatic N) is 3. The Morgan fingerprint density at radius 2 is 1.34 bits per heavy atom. The third-order valence-electron chi connectivity index (χ3n) is 12.4. The van der Waals surface area contributed by atoms with Crippen LogP contribution in [0.1, 0.15) is 58.5 Å². The maximum Gasteiger partial charge on any atom is 0.355 e. The van der Waals surface area contributed by atoms with Gasteiger partial charge in [0.15, 0.2) is 16.9 Å². The van der Waals surface area contributed by atoms with E-state index in [9.17, 15) is 19.2 Å². The normalized spacial score (nSPS) is 15.9. The lowest BCUT2D eigenvalue weighted by Gasteiger charge is -2.49. The average Bonchev–Trinajstić information content (AvgIpc) is 3.92. The molecule has 16 heteroatoms. The molecule has 2 aliphatic rings. The number of aromatic nitrogens is 1. The summed E-state index contributed by atoms with van der Waals surface area (Å²) in [6.07, 6.45) is -1.88. The second-order valence-electron chi connectivity index (χ2n) is 17.0. The lowest BCUT2D eigenvalue weighted by Crippen LogP contribution is -2.71. The molecule has 370 valence electrons. The van der Waals surface area contributed by atoms with Gasteiger partial charge in [-0.2, -0.15) is 0 Å². The van der Waals surface area contributed by atoms with E-state index < -0.39 is 52.9 Å². The lowest BCUT2D eigenvalue weighted by molar-refractivity contribution is -0.161. The Morgan fingerprint density at radius 3 is 1.86 bits per heavy atom. The van der Waals surface area contributed by atoms with Gasteiger partial charge >= 0.3 is 11.9 Å². The molecule has 7 aromatic rings. The van der Waals surface area contributed by atoms with Crippen molar-refractivity contribution >= 4 is 69.3 Å². The molecule has 2 aliphatic heterocycles. The van der Waals surface area contributed by atoms with Crippen LogP contribution in [-0.2, 0) is 45.6 Å². The number of alkyl halides is 1. The molecule has 2 amide bonds. The summed E-state index contributed by atoms with van der Waals surface area (Å²) in [6.45, 7) is 1.69. The molecule has 9 rings (SSSR count). The molecule has 3 atom stereocenters. The van der Waals surface area contributed by atoms with Crippen molar-refractivity contribution in [3.8, 4) is 5.75 Å². The van der Waals surface area contributed by atoms with Gasteiger partial charge in [0.2, 0.25) is 6.10 Å². The predicted octanol–water partition coefficient (Wildman–Crippen LogP) is 10.0. The first-order chi connectivity index (χ1) is 35.7. The van der Waals surface area contributed by atoms with Gasteiger partial charge in [0.1, 0.15) is 40.7 Å². The molecule has 6 aromatic carbocycles. The quantitative estimate of drug-likeness (QED) is 0.0187. The summed E-state index contributed by atoms with van der Waals surface area (Å²) in [6, 6.07) is 54.6. The minimum absolute atomic E-state index is 0.0135. The van der Waals surface area contributed by atoms with Crippen molar-refractivity contribution in [2.45, 2.75) is 49.1 Å². The maximum atomic E-state index is 14.8. The highest BCUT2D eigenvalue weighted by Gasteiger charge is 2.55. The smallest absolute Gasteiger partial charge is 0.355 e. The predicted molar refractivity (Wildman–Crippen MR) is 283 cm³/mol. The zero-order valence-electron chi connectivity index (χ0n) is 39.8. The number of nitrogens with one attached hydrogen (secondary N) is 2. The number of benzene rings is 6. The first-order valence-corrected chi connectivity index (χ1v) is 26.0. The number of esters is 2. The van der Waals surface area contributed by atoms with Crippen LogP contribution in [0.15, 0.2) is 198 Å². The van der Waals surface area contributed by atoms with Crippen LogP contribution in [0.4, 0.5) is 5.13 Å². The van der Waals surface area contributed by atoms with E-state index in [2.05, 4.69) is 15.8 Å². The lowest BCUT2D eigenvalue weighted by atomic mass is 9.77. The Morgan fingerprint density at radius 1 is 0.795 bits per heavy atom. The van der Waals surface area contributed by atoms with Crippen molar-refractivity contribution in [1.29, 1.82) is 0 Å². The number of anilines is 1. The molecule has 3 unspecified atom stereocenters. The Labute approximate surface area is 436 Å². The molecule has 0 radical (unpaired) electrons. The van der Waals surface area contributed by atoms with Gasteiger partial charge in [0.05, 0.1) is 7.11 Å². The number of hydrogen-bond donors (Lipinski definition) is 2. The molecule has 3 heterocycles. The monoisotopic (exact) mass is 1030 g/mol. The zero-order chi connectivity index (χ0) is 50.7. The summed E-state index contributed by atoms with van der Waals surface area (Å²) in [7, 11) is 1.56. The number of thiazole rings is 1. The van der Waals surface area contributed by atoms with Crippen LogP contribution in [0, 0.1) is 0 Å². The Balaban J connectivity index is 1.02. The minimum atomic E-state index is -1.25. The van der Waals surface area contributed by atoms with Crippen LogP contribution >= 0.6 is 34.7 Å². The number of oxime groups is 1. The molecular weight excluding hydrogens is 982 g/mol. The summed E-state index contributed by atoms with van der Waals surface area (Å²) in [5, 5.41) is 12.4. The number of hydrogen-bond acceptors (Lipinski definition) is 13. The van der Waals surface area contributed by atoms with Crippen LogP contribution < -0.4 is 15.4 Å². The fourth-order valence-electron chi connectivity index (χ4n) is 8.69. The van der Waals surface area contributed by atoms with Gasteiger partial charge in [0, 0.05) is 17.0 Å². The largest absolute Gasteiger partial charge is 0.497 e. The molecule has 1 saturated heterocycles. The third kappa shape index (κ3) is 10.9. The summed E-state index contributed by atoms with van der Waals surface area (Å²) < 4.78 is 17.1. The Kier molecular flexibility index (Phi) is 16.0. The fourth-order valence-corrected chi connectivity index (χ4v) is 11.1. The van der Waals surface area contributed by atoms with Crippen LogP contribution in [0.3, 0.4) is 0 Å². The van der Waals surface area contributed by atoms with E-state index in [1.54, 1.807) is 43.7 Å². The second kappa shape index (κ2) is 23.2. The van der Waals surface area contributed by atoms with Crippen LogP contribution in [-0.4, -0.2) is 75.6 Å². The first kappa shape index (κ1) is 50.2. The van der Waals surface area contributed by atoms with E-state index in [1.165, 1.54) is 28.0 Å². The van der Waals surface area contributed by atoms with Gasteiger partial charge in [-0.15, -0.1) is 34.7 Å². The van der Waals surface area contributed by atoms with Gasteiger partial charge in [-0.3, -0.25) is 14.5 Å². The van der Waals surface area contributed by atoms with Crippen LogP contribution in [0.25, 0.3) is 0 Å². The van der Waals surface area contributed by atoms with E-state index >= 15 is 0 Å². The number of carbonyl (C=O) groups excluding carboxylic acids is 4. The molecule has 0 aliphatic carbocycles. The highest BCUT2D eigenvalue weighted by Crippen LogP contribution is 2.43. The molecule has 13 nitrogen and oxygen atoms in total. The molecular formula is C57H50ClN5O8S2. The molecule has 73 heavy (non-hydrogen) atoms.